The molecule has 162 valence electrons. The van der Waals surface area contributed by atoms with Crippen molar-refractivity contribution in [2.45, 2.75) is 32.6 Å². The molecule has 4 amide bonds. The van der Waals surface area contributed by atoms with Crippen molar-refractivity contribution < 1.29 is 23.5 Å². The van der Waals surface area contributed by atoms with E-state index in [-0.39, 0.29) is 11.3 Å². The highest BCUT2D eigenvalue weighted by Gasteiger charge is 2.38. The number of furan rings is 1. The summed E-state index contributed by atoms with van der Waals surface area (Å²) >= 11 is 0. The molecule has 3 heterocycles. The zero-order valence-corrected chi connectivity index (χ0v) is 17.4. The molecule has 1 aromatic carbocycles. The number of rotatable bonds is 5. The zero-order valence-electron chi connectivity index (χ0n) is 17.4. The monoisotopic (exact) mass is 423 g/mol. The minimum Gasteiger partial charge on any atom is -0.492 e. The van der Waals surface area contributed by atoms with Crippen molar-refractivity contribution in [1.29, 1.82) is 0 Å². The number of para-hydroxylation sites is 2. The molecule has 0 unspecified atom stereocenters. The van der Waals surface area contributed by atoms with Crippen LogP contribution < -0.4 is 19.9 Å². The lowest BCUT2D eigenvalue weighted by Crippen LogP contribution is -2.54. The van der Waals surface area contributed by atoms with Gasteiger partial charge < -0.3 is 14.1 Å². The smallest absolute Gasteiger partial charge is 0.336 e. The van der Waals surface area contributed by atoms with E-state index < -0.39 is 17.8 Å². The molecule has 0 aliphatic carbocycles. The highest BCUT2D eigenvalue weighted by molar-refractivity contribution is 6.39. The molecule has 0 spiro atoms. The second-order valence-electron chi connectivity index (χ2n) is 7.44. The van der Waals surface area contributed by atoms with Crippen molar-refractivity contribution in [1.82, 2.24) is 5.32 Å². The Morgan fingerprint density at radius 1 is 1.03 bits per heavy atom. The first kappa shape index (κ1) is 20.7. The second-order valence-corrected chi connectivity index (χ2v) is 7.44. The average molecular weight is 423 g/mol. The minimum absolute atomic E-state index is 0.178. The minimum atomic E-state index is -0.816. The van der Waals surface area contributed by atoms with E-state index in [2.05, 4.69) is 10.2 Å². The lowest BCUT2D eigenvalue weighted by atomic mass is 10.1. The van der Waals surface area contributed by atoms with Crippen LogP contribution in [0.4, 0.5) is 16.4 Å². The van der Waals surface area contributed by atoms with Crippen molar-refractivity contribution in [3.8, 4) is 5.75 Å². The van der Waals surface area contributed by atoms with Gasteiger partial charge in [0.05, 0.1) is 12.3 Å². The lowest BCUT2D eigenvalue weighted by Gasteiger charge is -2.27. The number of hydrogen-bond acceptors (Lipinski definition) is 6. The van der Waals surface area contributed by atoms with Crippen LogP contribution in [0.5, 0.6) is 5.75 Å². The number of ether oxygens (including phenoxy) is 1. The molecule has 2 aromatic rings. The third-order valence-corrected chi connectivity index (χ3v) is 5.32. The maximum atomic E-state index is 13.1. The van der Waals surface area contributed by atoms with Gasteiger partial charge in [-0.2, -0.15) is 0 Å². The van der Waals surface area contributed by atoms with Crippen molar-refractivity contribution in [2.24, 2.45) is 0 Å². The van der Waals surface area contributed by atoms with E-state index in [1.54, 1.807) is 30.3 Å². The predicted molar refractivity (Wildman–Crippen MR) is 116 cm³/mol. The van der Waals surface area contributed by atoms with Crippen LogP contribution in [0.2, 0.25) is 0 Å². The van der Waals surface area contributed by atoms with Gasteiger partial charge in [-0.15, -0.1) is 0 Å². The van der Waals surface area contributed by atoms with E-state index in [1.165, 1.54) is 18.9 Å². The summed E-state index contributed by atoms with van der Waals surface area (Å²) in [5.41, 5.74) is 0.0950. The first-order chi connectivity index (χ1) is 15.1. The van der Waals surface area contributed by atoms with Gasteiger partial charge in [-0.1, -0.05) is 25.0 Å². The SMILES string of the molecule is CCOc1ccccc1N1C(=O)NC(=O)/C(=C\c2ccc(N3CCCCCC3)o2)C1=O. The molecule has 2 fully saturated rings. The van der Waals surface area contributed by atoms with Gasteiger partial charge in [0.2, 0.25) is 0 Å². The number of urea groups is 1. The van der Waals surface area contributed by atoms with Gasteiger partial charge in [-0.25, -0.2) is 9.69 Å². The van der Waals surface area contributed by atoms with E-state index >= 15 is 0 Å². The number of benzene rings is 1. The highest BCUT2D eigenvalue weighted by atomic mass is 16.5. The number of carbonyl (C=O) groups excluding carboxylic acids is 3. The highest BCUT2D eigenvalue weighted by Crippen LogP contribution is 2.31. The topological polar surface area (TPSA) is 92.1 Å². The first-order valence-corrected chi connectivity index (χ1v) is 10.6. The molecule has 0 saturated carbocycles. The number of anilines is 2. The number of nitrogens with zero attached hydrogens (tertiary/aromatic N) is 2. The van der Waals surface area contributed by atoms with Gasteiger partial charge in [0.1, 0.15) is 17.1 Å². The quantitative estimate of drug-likeness (QED) is 0.582. The number of barbiturate groups is 1. The lowest BCUT2D eigenvalue weighted by molar-refractivity contribution is -0.122. The summed E-state index contributed by atoms with van der Waals surface area (Å²) in [6.45, 7) is 4.01. The van der Waals surface area contributed by atoms with Crippen LogP contribution in [0.25, 0.3) is 6.08 Å². The Morgan fingerprint density at radius 2 is 1.77 bits per heavy atom. The number of nitrogens with one attached hydrogen (secondary N) is 1. The van der Waals surface area contributed by atoms with Crippen molar-refractivity contribution in [2.75, 3.05) is 29.5 Å². The Morgan fingerprint density at radius 3 is 2.52 bits per heavy atom. The van der Waals surface area contributed by atoms with Crippen LogP contribution >= 0.6 is 0 Å². The molecule has 1 aromatic heterocycles. The van der Waals surface area contributed by atoms with Gasteiger partial charge in [0, 0.05) is 19.2 Å². The third kappa shape index (κ3) is 4.33. The van der Waals surface area contributed by atoms with Crippen LogP contribution in [0.3, 0.4) is 0 Å². The van der Waals surface area contributed by atoms with E-state index in [9.17, 15) is 14.4 Å². The molecular formula is C23H25N3O5. The van der Waals surface area contributed by atoms with Crippen molar-refractivity contribution >= 4 is 35.5 Å². The molecule has 0 bridgehead atoms. The summed E-state index contributed by atoms with van der Waals surface area (Å²) in [4.78, 5) is 41.1. The Labute approximate surface area is 180 Å². The Balaban J connectivity index is 1.63. The van der Waals surface area contributed by atoms with E-state index in [1.807, 2.05) is 13.0 Å². The molecule has 8 nitrogen and oxygen atoms in total. The summed E-state index contributed by atoms with van der Waals surface area (Å²) in [5.74, 6) is -0.0117. The van der Waals surface area contributed by atoms with Crippen molar-refractivity contribution in [3.05, 3.63) is 47.7 Å². The summed E-state index contributed by atoms with van der Waals surface area (Å²) in [7, 11) is 0. The Bertz CT molecular complexity index is 1020. The fourth-order valence-corrected chi connectivity index (χ4v) is 3.82. The predicted octanol–water partition coefficient (Wildman–Crippen LogP) is 3.73. The molecule has 2 aliphatic rings. The Kier molecular flexibility index (Phi) is 6.06. The van der Waals surface area contributed by atoms with E-state index in [0.29, 0.717) is 24.0 Å². The maximum Gasteiger partial charge on any atom is 0.336 e. The zero-order chi connectivity index (χ0) is 21.8. The van der Waals surface area contributed by atoms with Gasteiger partial charge in [-0.3, -0.25) is 14.9 Å². The normalized spacial score (nSPS) is 18.9. The van der Waals surface area contributed by atoms with Crippen LogP contribution in [0, 0.1) is 0 Å². The molecule has 2 saturated heterocycles. The maximum absolute atomic E-state index is 13.1. The van der Waals surface area contributed by atoms with E-state index in [0.717, 1.165) is 30.8 Å². The van der Waals surface area contributed by atoms with Crippen LogP contribution in [-0.4, -0.2) is 37.5 Å². The number of amides is 4. The fourth-order valence-electron chi connectivity index (χ4n) is 3.82. The van der Waals surface area contributed by atoms with Crippen LogP contribution in [0.1, 0.15) is 38.4 Å². The number of carbonyl (C=O) groups is 3. The van der Waals surface area contributed by atoms with Gasteiger partial charge in [-0.05, 0) is 44.0 Å². The van der Waals surface area contributed by atoms with Gasteiger partial charge >= 0.3 is 6.03 Å². The van der Waals surface area contributed by atoms with Gasteiger partial charge in [0.15, 0.2) is 5.88 Å². The summed E-state index contributed by atoms with van der Waals surface area (Å²) in [5, 5.41) is 2.23. The standard InChI is InChI=1S/C23H25N3O5/c1-2-30-19-10-6-5-9-18(19)26-22(28)17(21(27)24-23(26)29)15-16-11-12-20(31-16)25-13-7-3-4-8-14-25/h5-6,9-12,15H,2-4,7-8,13-14H2,1H3,(H,24,27,29)/b17-15+. The van der Waals surface area contributed by atoms with Crippen molar-refractivity contribution in [3.63, 3.8) is 0 Å². The summed E-state index contributed by atoms with van der Waals surface area (Å²) in [6.07, 6.45) is 6.00. The summed E-state index contributed by atoms with van der Waals surface area (Å²) in [6, 6.07) is 9.45. The Hall–Kier alpha value is -3.55. The average Bonchev–Trinajstić information content (AvgIpc) is 3.05. The molecule has 1 N–H and O–H groups in total. The van der Waals surface area contributed by atoms with Crippen LogP contribution in [0.15, 0.2) is 46.4 Å². The molecule has 31 heavy (non-hydrogen) atoms. The number of hydrogen-bond donors (Lipinski definition) is 1. The van der Waals surface area contributed by atoms with Crippen LogP contribution in [-0.2, 0) is 9.59 Å². The first-order valence-electron chi connectivity index (χ1n) is 10.6. The third-order valence-electron chi connectivity index (χ3n) is 5.32. The van der Waals surface area contributed by atoms with Gasteiger partial charge in [0.25, 0.3) is 11.8 Å². The largest absolute Gasteiger partial charge is 0.492 e. The molecule has 0 radical (unpaired) electrons. The summed E-state index contributed by atoms with van der Waals surface area (Å²) < 4.78 is 11.4. The fraction of sp³-hybridized carbons (Fsp3) is 0.348. The van der Waals surface area contributed by atoms with E-state index in [4.69, 9.17) is 9.15 Å². The molecule has 0 atom stereocenters. The molecular weight excluding hydrogens is 398 g/mol. The molecule has 8 heteroatoms. The number of imide groups is 2. The molecule has 2 aliphatic heterocycles. The molecule has 4 rings (SSSR count). The second kappa shape index (κ2) is 9.07.